The molecule has 1 atom stereocenters. The molecule has 1 unspecified atom stereocenters. The van der Waals surface area contributed by atoms with E-state index >= 15 is 0 Å². The Bertz CT molecular complexity index is 654. The maximum absolute atomic E-state index is 12.6. The molecule has 2 aromatic carbocycles. The Hall–Kier alpha value is -2.82. The molecule has 1 aliphatic rings. The molecular formula is C18H19FN2O2. The average Bonchev–Trinajstić information content (AvgIpc) is 3.02. The molecule has 0 radical (unpaired) electrons. The summed E-state index contributed by atoms with van der Waals surface area (Å²) in [7, 11) is 3.57. The first-order valence-electron chi connectivity index (χ1n) is 7.13. The molecule has 1 aliphatic heterocycles. The number of carbonyl (C=O) groups excluding carboxylic acids is 1. The van der Waals surface area contributed by atoms with Gasteiger partial charge in [0.1, 0.15) is 24.0 Å². The highest BCUT2D eigenvalue weighted by Gasteiger charge is 2.16. The Morgan fingerprint density at radius 1 is 1.13 bits per heavy atom. The number of carbonyl (C=O) groups is 1. The molecule has 4 nitrogen and oxygen atoms in total. The number of methoxy groups -OCH3 is 1. The Morgan fingerprint density at radius 3 is 2.26 bits per heavy atom. The van der Waals surface area contributed by atoms with Gasteiger partial charge in [-0.1, -0.05) is 12.1 Å². The van der Waals surface area contributed by atoms with Crippen molar-refractivity contribution in [3.05, 3.63) is 77.9 Å². The topological polar surface area (TPSA) is 41.6 Å². The van der Waals surface area contributed by atoms with Crippen molar-refractivity contribution in [3.8, 4) is 5.75 Å². The standard InChI is InChI=1S/C10H11FN2.C8H8O2/c1-13-7-6-12-10(13)8-2-4-9(11)5-3-8;1-10-8-4-2-7(6-9)3-5-8/h2-7,10,12H,1H3;2-6H,1H3. The number of benzene rings is 2. The molecule has 0 aliphatic carbocycles. The molecular weight excluding hydrogens is 295 g/mol. The van der Waals surface area contributed by atoms with E-state index in [2.05, 4.69) is 5.32 Å². The number of nitrogens with one attached hydrogen (secondary N) is 1. The molecule has 0 saturated carbocycles. The molecule has 5 heteroatoms. The number of aldehydes is 1. The van der Waals surface area contributed by atoms with Gasteiger partial charge in [0.25, 0.3) is 0 Å². The molecule has 0 saturated heterocycles. The van der Waals surface area contributed by atoms with Gasteiger partial charge in [-0.15, -0.1) is 0 Å². The van der Waals surface area contributed by atoms with Crippen LogP contribution in [0.4, 0.5) is 4.39 Å². The summed E-state index contributed by atoms with van der Waals surface area (Å²) in [5, 5.41) is 3.17. The highest BCUT2D eigenvalue weighted by atomic mass is 19.1. The zero-order chi connectivity index (χ0) is 16.7. The predicted molar refractivity (Wildman–Crippen MR) is 87.6 cm³/mol. The lowest BCUT2D eigenvalue weighted by molar-refractivity contribution is 0.112. The van der Waals surface area contributed by atoms with Gasteiger partial charge in [-0.2, -0.15) is 0 Å². The van der Waals surface area contributed by atoms with Gasteiger partial charge in [0.2, 0.25) is 0 Å². The molecule has 0 amide bonds. The fourth-order valence-electron chi connectivity index (χ4n) is 2.11. The predicted octanol–water partition coefficient (Wildman–Crippen LogP) is 3.34. The van der Waals surface area contributed by atoms with Gasteiger partial charge in [0.05, 0.1) is 7.11 Å². The minimum absolute atomic E-state index is 0.139. The van der Waals surface area contributed by atoms with Crippen molar-refractivity contribution in [2.24, 2.45) is 0 Å². The third-order valence-electron chi connectivity index (χ3n) is 3.41. The van der Waals surface area contributed by atoms with Crippen molar-refractivity contribution in [2.45, 2.75) is 6.17 Å². The van der Waals surface area contributed by atoms with Crippen LogP contribution in [0, 0.1) is 5.82 Å². The van der Waals surface area contributed by atoms with E-state index in [4.69, 9.17) is 4.74 Å². The summed E-state index contributed by atoms with van der Waals surface area (Å²) in [5.41, 5.74) is 1.73. The van der Waals surface area contributed by atoms with Crippen LogP contribution in [-0.4, -0.2) is 25.3 Å². The summed E-state index contributed by atoms with van der Waals surface area (Å²) in [6, 6.07) is 13.5. The zero-order valence-electron chi connectivity index (χ0n) is 13.1. The lowest BCUT2D eigenvalue weighted by Crippen LogP contribution is -2.23. The van der Waals surface area contributed by atoms with E-state index in [0.29, 0.717) is 5.56 Å². The van der Waals surface area contributed by atoms with Crippen LogP contribution in [0.1, 0.15) is 22.1 Å². The van der Waals surface area contributed by atoms with Crippen molar-refractivity contribution < 1.29 is 13.9 Å². The van der Waals surface area contributed by atoms with E-state index in [9.17, 15) is 9.18 Å². The third kappa shape index (κ3) is 4.57. The van der Waals surface area contributed by atoms with Gasteiger partial charge in [0.15, 0.2) is 0 Å². The molecule has 23 heavy (non-hydrogen) atoms. The Kier molecular flexibility index (Phi) is 5.74. The van der Waals surface area contributed by atoms with Crippen LogP contribution < -0.4 is 10.1 Å². The molecule has 120 valence electrons. The second-order valence-corrected chi connectivity index (χ2v) is 4.99. The summed E-state index contributed by atoms with van der Waals surface area (Å²) < 4.78 is 17.5. The Morgan fingerprint density at radius 2 is 1.78 bits per heavy atom. The van der Waals surface area contributed by atoms with Gasteiger partial charge < -0.3 is 15.0 Å². The van der Waals surface area contributed by atoms with Crippen molar-refractivity contribution in [1.82, 2.24) is 10.2 Å². The van der Waals surface area contributed by atoms with Crippen LogP contribution in [0.15, 0.2) is 60.9 Å². The van der Waals surface area contributed by atoms with Crippen LogP contribution >= 0.6 is 0 Å². The summed E-state index contributed by atoms with van der Waals surface area (Å²) in [6.45, 7) is 0. The van der Waals surface area contributed by atoms with Crippen molar-refractivity contribution >= 4 is 6.29 Å². The first-order valence-corrected chi connectivity index (χ1v) is 7.13. The minimum Gasteiger partial charge on any atom is -0.497 e. The van der Waals surface area contributed by atoms with Gasteiger partial charge in [0, 0.05) is 25.0 Å². The van der Waals surface area contributed by atoms with E-state index in [1.54, 1.807) is 43.5 Å². The van der Waals surface area contributed by atoms with Gasteiger partial charge in [-0.05, 0) is 42.0 Å². The number of nitrogens with zero attached hydrogens (tertiary/aromatic N) is 1. The van der Waals surface area contributed by atoms with Gasteiger partial charge >= 0.3 is 0 Å². The largest absolute Gasteiger partial charge is 0.497 e. The second kappa shape index (κ2) is 7.98. The monoisotopic (exact) mass is 314 g/mol. The average molecular weight is 314 g/mol. The molecule has 3 rings (SSSR count). The minimum atomic E-state index is -0.197. The van der Waals surface area contributed by atoms with E-state index in [-0.39, 0.29) is 12.0 Å². The number of ether oxygens (including phenoxy) is 1. The van der Waals surface area contributed by atoms with Crippen molar-refractivity contribution in [1.29, 1.82) is 0 Å². The van der Waals surface area contributed by atoms with Crippen LogP contribution in [-0.2, 0) is 0 Å². The molecule has 0 bridgehead atoms. The molecule has 0 spiro atoms. The normalized spacial score (nSPS) is 15.4. The quantitative estimate of drug-likeness (QED) is 0.882. The smallest absolute Gasteiger partial charge is 0.150 e. The van der Waals surface area contributed by atoms with Crippen LogP contribution in [0.25, 0.3) is 0 Å². The molecule has 1 heterocycles. The number of hydrogen-bond acceptors (Lipinski definition) is 4. The van der Waals surface area contributed by atoms with Crippen LogP contribution in [0.5, 0.6) is 5.75 Å². The van der Waals surface area contributed by atoms with Crippen LogP contribution in [0.3, 0.4) is 0 Å². The second-order valence-electron chi connectivity index (χ2n) is 4.99. The maximum Gasteiger partial charge on any atom is 0.150 e. The molecule has 0 fully saturated rings. The zero-order valence-corrected chi connectivity index (χ0v) is 13.1. The summed E-state index contributed by atoms with van der Waals surface area (Å²) >= 11 is 0. The Balaban J connectivity index is 0.000000174. The van der Waals surface area contributed by atoms with Gasteiger partial charge in [-0.25, -0.2) is 4.39 Å². The van der Waals surface area contributed by atoms with Crippen molar-refractivity contribution in [2.75, 3.05) is 14.2 Å². The lowest BCUT2D eigenvalue weighted by atomic mass is 10.1. The molecule has 1 N–H and O–H groups in total. The summed E-state index contributed by atoms with van der Waals surface area (Å²) in [5.74, 6) is 0.572. The van der Waals surface area contributed by atoms with E-state index in [0.717, 1.165) is 17.6 Å². The summed E-state index contributed by atoms with van der Waals surface area (Å²) in [6.07, 6.45) is 4.78. The van der Waals surface area contributed by atoms with Gasteiger partial charge in [-0.3, -0.25) is 4.79 Å². The van der Waals surface area contributed by atoms with Crippen LogP contribution in [0.2, 0.25) is 0 Å². The number of rotatable bonds is 3. The summed E-state index contributed by atoms with van der Waals surface area (Å²) in [4.78, 5) is 12.2. The Labute approximate surface area is 135 Å². The molecule has 2 aromatic rings. The maximum atomic E-state index is 12.6. The fourth-order valence-corrected chi connectivity index (χ4v) is 2.11. The van der Waals surface area contributed by atoms with E-state index in [1.807, 2.05) is 24.3 Å². The SMILES string of the molecule is CN1C=CNC1c1ccc(F)cc1.COc1ccc(C=O)cc1. The highest BCUT2D eigenvalue weighted by Crippen LogP contribution is 2.20. The van der Waals surface area contributed by atoms with Crippen molar-refractivity contribution in [3.63, 3.8) is 0 Å². The first-order chi connectivity index (χ1) is 11.1. The third-order valence-corrected chi connectivity index (χ3v) is 3.41. The molecule has 0 aromatic heterocycles. The number of hydrogen-bond donors (Lipinski definition) is 1. The first kappa shape index (κ1) is 16.5. The lowest BCUT2D eigenvalue weighted by Gasteiger charge is -2.21. The number of halogens is 1. The van der Waals surface area contributed by atoms with E-state index < -0.39 is 0 Å². The highest BCUT2D eigenvalue weighted by molar-refractivity contribution is 5.74. The fraction of sp³-hybridized carbons (Fsp3) is 0.167. The van der Waals surface area contributed by atoms with E-state index in [1.165, 1.54) is 12.1 Å².